The van der Waals surface area contributed by atoms with Crippen molar-refractivity contribution in [1.82, 2.24) is 0 Å². The number of hydrogen-bond acceptors (Lipinski definition) is 6. The van der Waals surface area contributed by atoms with Gasteiger partial charge in [-0.05, 0) is 73.2 Å². The summed E-state index contributed by atoms with van der Waals surface area (Å²) in [5, 5.41) is 11.7. The summed E-state index contributed by atoms with van der Waals surface area (Å²) in [5.41, 5.74) is 3.36. The summed E-state index contributed by atoms with van der Waals surface area (Å²) in [7, 11) is 0. The number of hydrogen-bond donors (Lipinski definition) is 1. The lowest BCUT2D eigenvalue weighted by Crippen LogP contribution is -2.29. The van der Waals surface area contributed by atoms with E-state index in [4.69, 9.17) is 9.47 Å². The average Bonchev–Trinajstić information content (AvgIpc) is 3.21. The van der Waals surface area contributed by atoms with Gasteiger partial charge in [-0.25, -0.2) is 4.79 Å². The lowest BCUT2D eigenvalue weighted by molar-refractivity contribution is -0.132. The lowest BCUT2D eigenvalue weighted by atomic mass is 9.84. The molecule has 0 aliphatic carbocycles. The van der Waals surface area contributed by atoms with Crippen molar-refractivity contribution in [2.45, 2.75) is 59.9 Å². The Bertz CT molecular complexity index is 1530. The summed E-state index contributed by atoms with van der Waals surface area (Å²) in [4.78, 5) is 41.1. The third kappa shape index (κ3) is 6.25. The van der Waals surface area contributed by atoms with Gasteiger partial charge in [0.15, 0.2) is 0 Å². The van der Waals surface area contributed by atoms with E-state index in [9.17, 15) is 19.5 Å². The van der Waals surface area contributed by atoms with Crippen LogP contribution in [0.3, 0.4) is 0 Å². The van der Waals surface area contributed by atoms with E-state index in [-0.39, 0.29) is 22.7 Å². The summed E-state index contributed by atoms with van der Waals surface area (Å²) in [5.74, 6) is -1.37. The van der Waals surface area contributed by atoms with Crippen molar-refractivity contribution >= 4 is 29.1 Å². The highest BCUT2D eigenvalue weighted by atomic mass is 16.5. The Morgan fingerprint density at radius 2 is 1.64 bits per heavy atom. The van der Waals surface area contributed by atoms with Crippen LogP contribution in [0.15, 0.2) is 72.3 Å². The van der Waals surface area contributed by atoms with E-state index >= 15 is 0 Å². The molecule has 1 N–H and O–H groups in total. The fourth-order valence-electron chi connectivity index (χ4n) is 5.04. The maximum Gasteiger partial charge on any atom is 0.338 e. The van der Waals surface area contributed by atoms with E-state index in [2.05, 4.69) is 0 Å². The molecule has 0 spiro atoms. The molecule has 1 atom stereocenters. The third-order valence-electron chi connectivity index (χ3n) is 7.09. The van der Waals surface area contributed by atoms with Crippen molar-refractivity contribution in [3.8, 4) is 5.75 Å². The van der Waals surface area contributed by atoms with Gasteiger partial charge in [0.1, 0.15) is 11.5 Å². The molecule has 3 aromatic carbocycles. The van der Waals surface area contributed by atoms with Crippen LogP contribution in [0.1, 0.15) is 80.2 Å². The second-order valence-corrected chi connectivity index (χ2v) is 12.0. The minimum Gasteiger partial charge on any atom is -0.507 e. The molecule has 1 fully saturated rings. The van der Waals surface area contributed by atoms with Crippen molar-refractivity contribution < 1.29 is 29.0 Å². The van der Waals surface area contributed by atoms with Crippen LogP contribution in [0.2, 0.25) is 0 Å². The molecule has 1 aliphatic heterocycles. The van der Waals surface area contributed by atoms with Gasteiger partial charge >= 0.3 is 5.97 Å². The third-order valence-corrected chi connectivity index (χ3v) is 7.09. The summed E-state index contributed by atoms with van der Waals surface area (Å²) >= 11 is 0. The summed E-state index contributed by atoms with van der Waals surface area (Å²) in [6, 6.07) is 18.3. The number of aliphatic hydroxyl groups excluding tert-OH is 1. The van der Waals surface area contributed by atoms with Crippen LogP contribution in [0, 0.1) is 12.8 Å². The highest BCUT2D eigenvalue weighted by Crippen LogP contribution is 2.43. The maximum atomic E-state index is 13.6. The van der Waals surface area contributed by atoms with Crippen molar-refractivity contribution in [2.24, 2.45) is 5.92 Å². The summed E-state index contributed by atoms with van der Waals surface area (Å²) in [6.45, 7) is 14.7. The standard InChI is InChI=1S/C35H39NO6/c1-8-41-28-17-14-25(19-27(28)35(5,6)7)31(37)29-30(24-11-9-10-22(4)18-24)36(33(39)32(29)38)26-15-12-23(13-16-26)34(40)42-20-21(2)3/h9-19,21,30,37H,8,20H2,1-7H3/b31-29-. The Morgan fingerprint density at radius 3 is 2.24 bits per heavy atom. The van der Waals surface area contributed by atoms with Gasteiger partial charge in [-0.2, -0.15) is 0 Å². The molecule has 220 valence electrons. The predicted octanol–water partition coefficient (Wildman–Crippen LogP) is 7.13. The Balaban J connectivity index is 1.85. The van der Waals surface area contributed by atoms with Crippen molar-refractivity contribution in [3.05, 3.63) is 100 Å². The van der Waals surface area contributed by atoms with Gasteiger partial charge < -0.3 is 14.6 Å². The maximum absolute atomic E-state index is 13.6. The number of aryl methyl sites for hydroxylation is 1. The zero-order chi connectivity index (χ0) is 30.8. The number of amides is 1. The van der Waals surface area contributed by atoms with E-state index in [1.807, 2.05) is 78.8 Å². The molecule has 42 heavy (non-hydrogen) atoms. The lowest BCUT2D eigenvalue weighted by Gasteiger charge is -2.26. The first kappa shape index (κ1) is 30.6. The molecule has 1 amide bonds. The van der Waals surface area contributed by atoms with Gasteiger partial charge in [0.25, 0.3) is 11.7 Å². The number of esters is 1. The number of carbonyl (C=O) groups excluding carboxylic acids is 3. The van der Waals surface area contributed by atoms with Crippen molar-refractivity contribution in [3.63, 3.8) is 0 Å². The minimum atomic E-state index is -0.881. The minimum absolute atomic E-state index is 0.00459. The largest absolute Gasteiger partial charge is 0.507 e. The Hall–Kier alpha value is -4.39. The number of rotatable bonds is 8. The Morgan fingerprint density at radius 1 is 0.976 bits per heavy atom. The number of Topliss-reactive ketones (excluding diaryl/α,β-unsaturated/α-hetero) is 1. The number of aliphatic hydroxyl groups is 1. The molecular weight excluding hydrogens is 530 g/mol. The van der Waals surface area contributed by atoms with Gasteiger partial charge in [0.05, 0.1) is 30.4 Å². The molecule has 7 nitrogen and oxygen atoms in total. The first-order chi connectivity index (χ1) is 19.8. The molecule has 0 aromatic heterocycles. The molecule has 0 bridgehead atoms. The van der Waals surface area contributed by atoms with Crippen LogP contribution in [0.25, 0.3) is 5.76 Å². The van der Waals surface area contributed by atoms with Crippen LogP contribution in [-0.4, -0.2) is 36.0 Å². The van der Waals surface area contributed by atoms with Gasteiger partial charge in [0, 0.05) is 16.8 Å². The second kappa shape index (κ2) is 12.2. The Labute approximate surface area is 247 Å². The fraction of sp³-hybridized carbons (Fsp3) is 0.343. The smallest absolute Gasteiger partial charge is 0.338 e. The van der Waals surface area contributed by atoms with Crippen LogP contribution in [-0.2, 0) is 19.7 Å². The zero-order valence-electron chi connectivity index (χ0n) is 25.4. The van der Waals surface area contributed by atoms with Crippen LogP contribution in [0.5, 0.6) is 5.75 Å². The number of nitrogens with zero attached hydrogens (tertiary/aromatic N) is 1. The first-order valence-electron chi connectivity index (χ1n) is 14.3. The SMILES string of the molecule is CCOc1ccc(/C(O)=C2/C(=O)C(=O)N(c3ccc(C(=O)OCC(C)C)cc3)C2c2cccc(C)c2)cc1C(C)(C)C. The van der Waals surface area contributed by atoms with Gasteiger partial charge in [-0.3, -0.25) is 14.5 Å². The summed E-state index contributed by atoms with van der Waals surface area (Å²) in [6.07, 6.45) is 0. The number of ketones is 1. The molecule has 4 rings (SSSR count). The average molecular weight is 570 g/mol. The second-order valence-electron chi connectivity index (χ2n) is 12.0. The normalized spacial score (nSPS) is 16.7. The first-order valence-corrected chi connectivity index (χ1v) is 14.3. The molecule has 1 heterocycles. The van der Waals surface area contributed by atoms with Crippen LogP contribution >= 0.6 is 0 Å². The highest BCUT2D eigenvalue weighted by molar-refractivity contribution is 6.51. The quantitative estimate of drug-likeness (QED) is 0.134. The summed E-state index contributed by atoms with van der Waals surface area (Å²) < 4.78 is 11.2. The number of anilines is 1. The van der Waals surface area contributed by atoms with Gasteiger partial charge in [0.2, 0.25) is 0 Å². The monoisotopic (exact) mass is 569 g/mol. The van der Waals surface area contributed by atoms with Gasteiger partial charge in [-0.1, -0.05) is 64.4 Å². The van der Waals surface area contributed by atoms with Crippen LogP contribution in [0.4, 0.5) is 5.69 Å². The molecule has 1 unspecified atom stereocenters. The molecule has 3 aromatic rings. The topological polar surface area (TPSA) is 93.1 Å². The molecular formula is C35H39NO6. The van der Waals surface area contributed by atoms with Gasteiger partial charge in [-0.15, -0.1) is 0 Å². The van der Waals surface area contributed by atoms with E-state index in [1.165, 1.54) is 4.90 Å². The van der Waals surface area contributed by atoms with Crippen molar-refractivity contribution in [1.29, 1.82) is 0 Å². The molecule has 0 radical (unpaired) electrons. The van der Waals surface area contributed by atoms with E-state index in [0.29, 0.717) is 41.3 Å². The molecule has 1 aliphatic rings. The Kier molecular flexibility index (Phi) is 8.90. The molecule has 0 saturated carbocycles. The van der Waals surface area contributed by atoms with Crippen molar-refractivity contribution in [2.75, 3.05) is 18.1 Å². The highest BCUT2D eigenvalue weighted by Gasteiger charge is 2.47. The zero-order valence-corrected chi connectivity index (χ0v) is 25.4. The fourth-order valence-corrected chi connectivity index (χ4v) is 5.04. The van der Waals surface area contributed by atoms with Crippen LogP contribution < -0.4 is 9.64 Å². The molecule has 7 heteroatoms. The number of carbonyl (C=O) groups is 3. The predicted molar refractivity (Wildman–Crippen MR) is 164 cm³/mol. The van der Waals surface area contributed by atoms with E-state index < -0.39 is 23.7 Å². The van der Waals surface area contributed by atoms with E-state index in [1.54, 1.807) is 36.4 Å². The molecule has 1 saturated heterocycles. The number of ether oxygens (including phenoxy) is 2. The van der Waals surface area contributed by atoms with E-state index in [0.717, 1.165) is 11.1 Å². The number of benzene rings is 3.